The molecule has 25 heavy (non-hydrogen) atoms. The SMILES string of the molecule is CCCCc1ccc2c(N)c(C(=O)Nc3ccc(Br)cc3C)sc2n1. The van der Waals surface area contributed by atoms with E-state index in [1.165, 1.54) is 11.3 Å². The number of rotatable bonds is 5. The van der Waals surface area contributed by atoms with E-state index >= 15 is 0 Å². The van der Waals surface area contributed by atoms with Gasteiger partial charge in [0.25, 0.3) is 5.91 Å². The van der Waals surface area contributed by atoms with E-state index in [0.717, 1.165) is 50.9 Å². The van der Waals surface area contributed by atoms with Gasteiger partial charge < -0.3 is 11.1 Å². The first-order valence-electron chi connectivity index (χ1n) is 8.25. The Morgan fingerprint density at radius 2 is 2.12 bits per heavy atom. The van der Waals surface area contributed by atoms with E-state index in [1.54, 1.807) is 0 Å². The van der Waals surface area contributed by atoms with Crippen LogP contribution in [0.4, 0.5) is 11.4 Å². The molecule has 0 aliphatic carbocycles. The van der Waals surface area contributed by atoms with Gasteiger partial charge in [-0.2, -0.15) is 0 Å². The van der Waals surface area contributed by atoms with Crippen molar-refractivity contribution in [2.75, 3.05) is 11.1 Å². The Morgan fingerprint density at radius 3 is 2.84 bits per heavy atom. The molecule has 0 saturated heterocycles. The van der Waals surface area contributed by atoms with Crippen LogP contribution < -0.4 is 11.1 Å². The lowest BCUT2D eigenvalue weighted by molar-refractivity contribution is 0.103. The molecule has 130 valence electrons. The summed E-state index contributed by atoms with van der Waals surface area (Å²) in [5.74, 6) is -0.193. The van der Waals surface area contributed by atoms with Crippen molar-refractivity contribution in [3.8, 4) is 0 Å². The Morgan fingerprint density at radius 1 is 1.32 bits per heavy atom. The van der Waals surface area contributed by atoms with E-state index in [1.807, 2.05) is 37.3 Å². The normalized spacial score (nSPS) is 11.0. The molecule has 1 amide bonds. The first-order valence-corrected chi connectivity index (χ1v) is 9.86. The van der Waals surface area contributed by atoms with Crippen LogP contribution >= 0.6 is 27.3 Å². The molecule has 2 aromatic heterocycles. The number of carbonyl (C=O) groups excluding carboxylic acids is 1. The number of unbranched alkanes of at least 4 members (excludes halogenated alkanes) is 1. The highest BCUT2D eigenvalue weighted by Gasteiger charge is 2.18. The van der Waals surface area contributed by atoms with Gasteiger partial charge in [-0.15, -0.1) is 11.3 Å². The average molecular weight is 418 g/mol. The molecule has 0 saturated carbocycles. The number of hydrogen-bond donors (Lipinski definition) is 2. The third kappa shape index (κ3) is 3.85. The number of benzene rings is 1. The van der Waals surface area contributed by atoms with Crippen LogP contribution in [0, 0.1) is 6.92 Å². The average Bonchev–Trinajstić information content (AvgIpc) is 2.92. The van der Waals surface area contributed by atoms with E-state index < -0.39 is 0 Å². The number of halogens is 1. The topological polar surface area (TPSA) is 68.0 Å². The summed E-state index contributed by atoms with van der Waals surface area (Å²) < 4.78 is 0.980. The van der Waals surface area contributed by atoms with Crippen LogP contribution in [0.3, 0.4) is 0 Å². The smallest absolute Gasteiger partial charge is 0.267 e. The number of nitrogens with one attached hydrogen (secondary N) is 1. The van der Waals surface area contributed by atoms with E-state index in [4.69, 9.17) is 5.73 Å². The minimum atomic E-state index is -0.193. The number of anilines is 2. The van der Waals surface area contributed by atoms with Crippen molar-refractivity contribution in [1.29, 1.82) is 0 Å². The second-order valence-electron chi connectivity index (χ2n) is 6.02. The van der Waals surface area contributed by atoms with Crippen LogP contribution in [-0.2, 0) is 6.42 Å². The zero-order chi connectivity index (χ0) is 18.0. The zero-order valence-corrected chi connectivity index (χ0v) is 16.6. The predicted molar refractivity (Wildman–Crippen MR) is 109 cm³/mol. The number of nitrogens with two attached hydrogens (primary N) is 1. The van der Waals surface area contributed by atoms with Crippen molar-refractivity contribution in [1.82, 2.24) is 4.98 Å². The van der Waals surface area contributed by atoms with Gasteiger partial charge in [-0.05, 0) is 55.7 Å². The molecule has 1 aromatic carbocycles. The third-order valence-corrected chi connectivity index (χ3v) is 5.69. The van der Waals surface area contributed by atoms with Gasteiger partial charge in [-0.25, -0.2) is 4.98 Å². The molecular formula is C19H20BrN3OS. The molecule has 3 aromatic rings. The van der Waals surface area contributed by atoms with Crippen LogP contribution in [0.15, 0.2) is 34.8 Å². The highest BCUT2D eigenvalue weighted by Crippen LogP contribution is 2.33. The van der Waals surface area contributed by atoms with Gasteiger partial charge in [0, 0.05) is 21.2 Å². The van der Waals surface area contributed by atoms with Crippen LogP contribution in [0.1, 0.15) is 40.7 Å². The largest absolute Gasteiger partial charge is 0.397 e. The molecule has 0 atom stereocenters. The zero-order valence-electron chi connectivity index (χ0n) is 14.2. The molecule has 6 heteroatoms. The maximum absolute atomic E-state index is 12.7. The van der Waals surface area contributed by atoms with Crippen LogP contribution in [-0.4, -0.2) is 10.9 Å². The highest BCUT2D eigenvalue weighted by molar-refractivity contribution is 9.10. The van der Waals surface area contributed by atoms with Crippen molar-refractivity contribution in [3.63, 3.8) is 0 Å². The molecule has 0 fully saturated rings. The molecular weight excluding hydrogens is 398 g/mol. The summed E-state index contributed by atoms with van der Waals surface area (Å²) in [5.41, 5.74) is 9.52. The number of fused-ring (bicyclic) bond motifs is 1. The standard InChI is InChI=1S/C19H20BrN3OS/c1-3-4-5-13-7-8-14-16(21)17(25-19(14)22-13)18(24)23-15-9-6-12(20)10-11(15)2/h6-10H,3-5,21H2,1-2H3,(H,23,24). The number of aromatic nitrogens is 1. The summed E-state index contributed by atoms with van der Waals surface area (Å²) in [5, 5.41) is 3.80. The summed E-state index contributed by atoms with van der Waals surface area (Å²) in [6, 6.07) is 9.72. The Balaban J connectivity index is 1.89. The lowest BCUT2D eigenvalue weighted by Crippen LogP contribution is -2.12. The van der Waals surface area contributed by atoms with Crippen molar-refractivity contribution in [2.45, 2.75) is 33.1 Å². The lowest BCUT2D eigenvalue weighted by Gasteiger charge is -2.08. The fourth-order valence-corrected chi connectivity index (χ4v) is 4.13. The Hall–Kier alpha value is -1.92. The second kappa shape index (κ2) is 7.54. The van der Waals surface area contributed by atoms with Crippen molar-refractivity contribution in [3.05, 3.63) is 50.9 Å². The second-order valence-corrected chi connectivity index (χ2v) is 7.93. The van der Waals surface area contributed by atoms with E-state index in [2.05, 4.69) is 33.2 Å². The molecule has 3 N–H and O–H groups in total. The molecule has 3 rings (SSSR count). The van der Waals surface area contributed by atoms with E-state index in [0.29, 0.717) is 10.6 Å². The predicted octanol–water partition coefficient (Wildman–Crippen LogP) is 5.54. The van der Waals surface area contributed by atoms with Crippen molar-refractivity contribution in [2.24, 2.45) is 0 Å². The summed E-state index contributed by atoms with van der Waals surface area (Å²) in [6.07, 6.45) is 3.19. The number of thiophene rings is 1. The molecule has 4 nitrogen and oxygen atoms in total. The number of nitrogen functional groups attached to an aromatic ring is 1. The number of carbonyl (C=O) groups is 1. The minimum Gasteiger partial charge on any atom is -0.397 e. The summed E-state index contributed by atoms with van der Waals surface area (Å²) in [7, 11) is 0. The van der Waals surface area contributed by atoms with E-state index in [-0.39, 0.29) is 5.91 Å². The first kappa shape index (κ1) is 17.9. The summed E-state index contributed by atoms with van der Waals surface area (Å²) in [6.45, 7) is 4.12. The fourth-order valence-electron chi connectivity index (χ4n) is 2.65. The number of aryl methyl sites for hydroxylation is 2. The van der Waals surface area contributed by atoms with Crippen molar-refractivity contribution >= 4 is 54.8 Å². The Bertz CT molecular complexity index is 936. The van der Waals surface area contributed by atoms with Gasteiger partial charge >= 0.3 is 0 Å². The van der Waals surface area contributed by atoms with Gasteiger partial charge in [-0.1, -0.05) is 29.3 Å². The summed E-state index contributed by atoms with van der Waals surface area (Å²) >= 11 is 4.78. The first-order chi connectivity index (χ1) is 12.0. The number of amides is 1. The number of hydrogen-bond acceptors (Lipinski definition) is 4. The molecule has 0 aliphatic heterocycles. The Labute approximate surface area is 159 Å². The molecule has 0 unspecified atom stereocenters. The van der Waals surface area contributed by atoms with E-state index in [9.17, 15) is 4.79 Å². The number of pyridine rings is 1. The summed E-state index contributed by atoms with van der Waals surface area (Å²) in [4.78, 5) is 18.7. The molecule has 0 radical (unpaired) electrons. The van der Waals surface area contributed by atoms with Crippen LogP contribution in [0.25, 0.3) is 10.2 Å². The van der Waals surface area contributed by atoms with Crippen LogP contribution in [0.5, 0.6) is 0 Å². The maximum Gasteiger partial charge on any atom is 0.267 e. The van der Waals surface area contributed by atoms with Crippen LogP contribution in [0.2, 0.25) is 0 Å². The quantitative estimate of drug-likeness (QED) is 0.571. The van der Waals surface area contributed by atoms with Gasteiger partial charge in [0.1, 0.15) is 9.71 Å². The van der Waals surface area contributed by atoms with Crippen molar-refractivity contribution < 1.29 is 4.79 Å². The molecule has 0 aliphatic rings. The third-order valence-electron chi connectivity index (χ3n) is 4.08. The minimum absolute atomic E-state index is 0.193. The highest BCUT2D eigenvalue weighted by atomic mass is 79.9. The van der Waals surface area contributed by atoms with Gasteiger partial charge in [0.05, 0.1) is 5.69 Å². The maximum atomic E-state index is 12.7. The fraction of sp³-hybridized carbons (Fsp3) is 0.263. The molecule has 0 spiro atoms. The molecule has 2 heterocycles. The lowest BCUT2D eigenvalue weighted by atomic mass is 10.1. The molecule has 0 bridgehead atoms. The Kier molecular flexibility index (Phi) is 5.39. The number of nitrogens with zero attached hydrogens (tertiary/aromatic N) is 1. The van der Waals surface area contributed by atoms with Gasteiger partial charge in [0.15, 0.2) is 0 Å². The van der Waals surface area contributed by atoms with Gasteiger partial charge in [-0.3, -0.25) is 4.79 Å². The van der Waals surface area contributed by atoms with Gasteiger partial charge in [0.2, 0.25) is 0 Å². The monoisotopic (exact) mass is 417 g/mol.